The van der Waals surface area contributed by atoms with E-state index in [0.29, 0.717) is 11.0 Å². The molecule has 21 heavy (non-hydrogen) atoms. The molecule has 0 radical (unpaired) electrons. The highest BCUT2D eigenvalue weighted by Gasteiger charge is 2.26. The fraction of sp³-hybridized carbons (Fsp3) is 0.278. The molecule has 2 N–H and O–H groups in total. The lowest BCUT2D eigenvalue weighted by Crippen LogP contribution is -2.34. The number of fused-ring (bicyclic) bond motifs is 1. The predicted molar refractivity (Wildman–Crippen MR) is 93.4 cm³/mol. The highest BCUT2D eigenvalue weighted by atomic mass is 32.1. The van der Waals surface area contributed by atoms with Gasteiger partial charge in [0.2, 0.25) is 0 Å². The average Bonchev–Trinajstić information content (AvgIpc) is 2.47. The zero-order chi connectivity index (χ0) is 15.0. The summed E-state index contributed by atoms with van der Waals surface area (Å²) in [5, 5.41) is 0. The highest BCUT2D eigenvalue weighted by Crippen LogP contribution is 2.38. The van der Waals surface area contributed by atoms with E-state index < -0.39 is 0 Å². The molecule has 0 aromatic heterocycles. The Labute approximate surface area is 131 Å². The number of para-hydroxylation sites is 1. The van der Waals surface area contributed by atoms with Crippen LogP contribution in [0.5, 0.6) is 0 Å². The van der Waals surface area contributed by atoms with E-state index in [-0.39, 0.29) is 0 Å². The van der Waals surface area contributed by atoms with E-state index in [0.717, 1.165) is 24.1 Å². The number of hydrogen-bond donors (Lipinski definition) is 1. The van der Waals surface area contributed by atoms with Crippen LogP contribution in [-0.4, -0.2) is 11.0 Å². The third kappa shape index (κ3) is 2.54. The van der Waals surface area contributed by atoms with Crippen LogP contribution < -0.4 is 10.6 Å². The van der Waals surface area contributed by atoms with E-state index in [1.807, 2.05) is 0 Å². The Morgan fingerprint density at radius 1 is 1.19 bits per heavy atom. The molecule has 0 saturated carbocycles. The number of nitrogens with two attached hydrogens (primary N) is 1. The summed E-state index contributed by atoms with van der Waals surface area (Å²) in [5.74, 6) is 0. The van der Waals surface area contributed by atoms with Gasteiger partial charge in [-0.1, -0.05) is 42.0 Å². The first-order chi connectivity index (χ1) is 10.1. The summed E-state index contributed by atoms with van der Waals surface area (Å²) >= 11 is 5.27. The molecule has 0 amide bonds. The average molecular weight is 296 g/mol. The van der Waals surface area contributed by atoms with Crippen molar-refractivity contribution >= 4 is 28.6 Å². The van der Waals surface area contributed by atoms with Crippen molar-refractivity contribution in [2.75, 3.05) is 4.90 Å². The SMILES string of the molecule is Cc1ccc(N2c3ccccc3CCC2C)c(C(N)=S)c1. The van der Waals surface area contributed by atoms with Gasteiger partial charge in [0.1, 0.15) is 4.99 Å². The summed E-state index contributed by atoms with van der Waals surface area (Å²) in [6.07, 6.45) is 2.27. The summed E-state index contributed by atoms with van der Waals surface area (Å²) in [5.41, 5.74) is 11.9. The second-order valence-corrected chi connectivity index (χ2v) is 6.21. The van der Waals surface area contributed by atoms with Gasteiger partial charge in [-0.25, -0.2) is 0 Å². The topological polar surface area (TPSA) is 29.3 Å². The molecule has 0 bridgehead atoms. The van der Waals surface area contributed by atoms with Gasteiger partial charge in [-0.2, -0.15) is 0 Å². The van der Waals surface area contributed by atoms with Crippen molar-refractivity contribution in [2.45, 2.75) is 32.7 Å². The number of anilines is 2. The first-order valence-electron chi connectivity index (χ1n) is 7.35. The van der Waals surface area contributed by atoms with Crippen molar-refractivity contribution < 1.29 is 0 Å². The van der Waals surface area contributed by atoms with Crippen molar-refractivity contribution in [2.24, 2.45) is 5.73 Å². The molecule has 2 aromatic carbocycles. The number of hydrogen-bond acceptors (Lipinski definition) is 2. The quantitative estimate of drug-likeness (QED) is 0.846. The van der Waals surface area contributed by atoms with Crippen LogP contribution in [0.4, 0.5) is 11.4 Å². The molecule has 3 rings (SSSR count). The zero-order valence-electron chi connectivity index (χ0n) is 12.5. The zero-order valence-corrected chi connectivity index (χ0v) is 13.3. The Hall–Kier alpha value is -1.87. The van der Waals surface area contributed by atoms with E-state index in [1.165, 1.54) is 16.8 Å². The molecule has 108 valence electrons. The molecule has 1 heterocycles. The lowest BCUT2D eigenvalue weighted by Gasteiger charge is -2.38. The molecule has 0 saturated heterocycles. The van der Waals surface area contributed by atoms with Crippen LogP contribution >= 0.6 is 12.2 Å². The van der Waals surface area contributed by atoms with Crippen LogP contribution in [0.25, 0.3) is 0 Å². The maximum atomic E-state index is 5.96. The minimum Gasteiger partial charge on any atom is -0.389 e. The van der Waals surface area contributed by atoms with Crippen LogP contribution in [0.2, 0.25) is 0 Å². The predicted octanol–water partition coefficient (Wildman–Crippen LogP) is 4.10. The smallest absolute Gasteiger partial charge is 0.106 e. The van der Waals surface area contributed by atoms with E-state index in [1.54, 1.807) is 0 Å². The fourth-order valence-electron chi connectivity index (χ4n) is 3.11. The molecule has 1 atom stereocenters. The summed E-state index contributed by atoms with van der Waals surface area (Å²) in [4.78, 5) is 2.84. The second kappa shape index (κ2) is 5.49. The Morgan fingerprint density at radius 3 is 2.71 bits per heavy atom. The van der Waals surface area contributed by atoms with E-state index >= 15 is 0 Å². The molecular formula is C18H20N2S. The van der Waals surface area contributed by atoms with E-state index in [9.17, 15) is 0 Å². The van der Waals surface area contributed by atoms with Gasteiger partial charge < -0.3 is 10.6 Å². The van der Waals surface area contributed by atoms with Crippen LogP contribution in [-0.2, 0) is 6.42 Å². The molecular weight excluding hydrogens is 276 g/mol. The number of benzene rings is 2. The normalized spacial score (nSPS) is 17.4. The lowest BCUT2D eigenvalue weighted by atomic mass is 9.94. The first kappa shape index (κ1) is 14.1. The van der Waals surface area contributed by atoms with Crippen LogP contribution in [0.15, 0.2) is 42.5 Å². The van der Waals surface area contributed by atoms with Gasteiger partial charge in [0.05, 0.1) is 5.69 Å². The van der Waals surface area contributed by atoms with E-state index in [2.05, 4.69) is 61.2 Å². The van der Waals surface area contributed by atoms with Crippen molar-refractivity contribution in [3.8, 4) is 0 Å². The molecule has 0 fully saturated rings. The van der Waals surface area contributed by atoms with Gasteiger partial charge in [0.25, 0.3) is 0 Å². The van der Waals surface area contributed by atoms with E-state index in [4.69, 9.17) is 18.0 Å². The molecule has 1 aliphatic heterocycles. The minimum absolute atomic E-state index is 0.440. The van der Waals surface area contributed by atoms with Crippen molar-refractivity contribution in [1.82, 2.24) is 0 Å². The van der Waals surface area contributed by atoms with Crippen LogP contribution in [0.3, 0.4) is 0 Å². The standard InChI is InChI=1S/C18H20N2S/c1-12-7-10-17(15(11-12)18(19)21)20-13(2)8-9-14-5-3-4-6-16(14)20/h3-7,10-11,13H,8-9H2,1-2H3,(H2,19,21). The molecule has 1 aliphatic rings. The number of aryl methyl sites for hydroxylation is 2. The number of thiocarbonyl (C=S) groups is 1. The monoisotopic (exact) mass is 296 g/mol. The summed E-state index contributed by atoms with van der Waals surface area (Å²) in [7, 11) is 0. The molecule has 2 aromatic rings. The fourth-order valence-corrected chi connectivity index (χ4v) is 3.28. The van der Waals surface area contributed by atoms with Crippen molar-refractivity contribution in [1.29, 1.82) is 0 Å². The Bertz CT molecular complexity index is 693. The lowest BCUT2D eigenvalue weighted by molar-refractivity contribution is 0.618. The molecule has 2 nitrogen and oxygen atoms in total. The number of nitrogens with zero attached hydrogens (tertiary/aromatic N) is 1. The molecule has 3 heteroatoms. The first-order valence-corrected chi connectivity index (χ1v) is 7.76. The van der Waals surface area contributed by atoms with Gasteiger partial charge in [0, 0.05) is 17.3 Å². The Balaban J connectivity index is 2.18. The van der Waals surface area contributed by atoms with Gasteiger partial charge >= 0.3 is 0 Å². The molecule has 0 aliphatic carbocycles. The van der Waals surface area contributed by atoms with Crippen molar-refractivity contribution in [3.05, 3.63) is 59.2 Å². The maximum absolute atomic E-state index is 5.96. The van der Waals surface area contributed by atoms with Crippen molar-refractivity contribution in [3.63, 3.8) is 0 Å². The van der Waals surface area contributed by atoms with Crippen LogP contribution in [0, 0.1) is 6.92 Å². The Kier molecular flexibility index (Phi) is 3.68. The van der Waals surface area contributed by atoms with Gasteiger partial charge in [-0.05, 0) is 50.5 Å². The highest BCUT2D eigenvalue weighted by molar-refractivity contribution is 7.80. The summed E-state index contributed by atoms with van der Waals surface area (Å²) in [6.45, 7) is 4.33. The van der Waals surface area contributed by atoms with Gasteiger partial charge in [0.15, 0.2) is 0 Å². The third-order valence-electron chi connectivity index (χ3n) is 4.20. The molecule has 0 spiro atoms. The maximum Gasteiger partial charge on any atom is 0.106 e. The minimum atomic E-state index is 0.440. The molecule has 1 unspecified atom stereocenters. The van der Waals surface area contributed by atoms with Gasteiger partial charge in [-0.15, -0.1) is 0 Å². The second-order valence-electron chi connectivity index (χ2n) is 5.77. The largest absolute Gasteiger partial charge is 0.389 e. The van der Waals surface area contributed by atoms with Gasteiger partial charge in [-0.3, -0.25) is 0 Å². The number of rotatable bonds is 2. The summed E-state index contributed by atoms with van der Waals surface area (Å²) in [6, 6.07) is 15.4. The third-order valence-corrected chi connectivity index (χ3v) is 4.42. The Morgan fingerprint density at radius 2 is 1.95 bits per heavy atom. The summed E-state index contributed by atoms with van der Waals surface area (Å²) < 4.78 is 0. The van der Waals surface area contributed by atoms with Crippen LogP contribution in [0.1, 0.15) is 30.0 Å².